The van der Waals surface area contributed by atoms with E-state index in [1.807, 2.05) is 12.1 Å². The van der Waals surface area contributed by atoms with Gasteiger partial charge in [-0.2, -0.15) is 0 Å². The topological polar surface area (TPSA) is 38.9 Å². The predicted octanol–water partition coefficient (Wildman–Crippen LogP) is 2.27. The molecule has 2 N–H and O–H groups in total. The molecule has 1 rings (SSSR count). The van der Waals surface area contributed by atoms with Gasteiger partial charge >= 0.3 is 0 Å². The van der Waals surface area contributed by atoms with Gasteiger partial charge in [0.15, 0.2) is 0 Å². The molecule has 1 heterocycles. The van der Waals surface area contributed by atoms with Crippen molar-refractivity contribution in [1.82, 2.24) is 4.98 Å². The van der Waals surface area contributed by atoms with E-state index < -0.39 is 0 Å². The molecule has 12 heavy (non-hydrogen) atoms. The molecular formula is C10H16N2. The van der Waals surface area contributed by atoms with Crippen molar-refractivity contribution in [2.75, 3.05) is 0 Å². The maximum Gasteiger partial charge on any atom is 0.0295 e. The van der Waals surface area contributed by atoms with Crippen molar-refractivity contribution in [3.05, 3.63) is 30.1 Å². The van der Waals surface area contributed by atoms with Crippen LogP contribution in [0.5, 0.6) is 0 Å². The van der Waals surface area contributed by atoms with E-state index in [1.165, 1.54) is 18.4 Å². The van der Waals surface area contributed by atoms with Gasteiger partial charge in [0.2, 0.25) is 0 Å². The lowest BCUT2D eigenvalue weighted by atomic mass is 10.0. The summed E-state index contributed by atoms with van der Waals surface area (Å²) < 4.78 is 0. The first-order valence-corrected chi connectivity index (χ1v) is 4.50. The monoisotopic (exact) mass is 164 g/mol. The van der Waals surface area contributed by atoms with Crippen LogP contribution in [0.2, 0.25) is 0 Å². The van der Waals surface area contributed by atoms with Gasteiger partial charge in [-0.25, -0.2) is 0 Å². The second kappa shape index (κ2) is 4.88. The average Bonchev–Trinajstić information content (AvgIpc) is 2.15. The fourth-order valence-corrected chi connectivity index (χ4v) is 1.20. The lowest BCUT2D eigenvalue weighted by molar-refractivity contribution is 0.603. The van der Waals surface area contributed by atoms with E-state index in [9.17, 15) is 0 Å². The molecule has 0 saturated heterocycles. The maximum atomic E-state index is 5.95. The molecule has 1 aromatic rings. The number of nitrogens with two attached hydrogens (primary N) is 1. The number of unbranched alkanes of at least 4 members (excludes halogenated alkanes) is 1. The molecule has 0 aromatic carbocycles. The van der Waals surface area contributed by atoms with Crippen molar-refractivity contribution in [3.8, 4) is 0 Å². The molecule has 0 aliphatic heterocycles. The van der Waals surface area contributed by atoms with Crippen molar-refractivity contribution in [2.24, 2.45) is 5.73 Å². The number of aromatic nitrogens is 1. The van der Waals surface area contributed by atoms with E-state index in [4.69, 9.17) is 5.73 Å². The lowest BCUT2D eigenvalue weighted by Gasteiger charge is -2.09. The molecular weight excluding hydrogens is 148 g/mol. The molecule has 0 fully saturated rings. The predicted molar refractivity (Wildman–Crippen MR) is 50.7 cm³/mol. The molecule has 0 amide bonds. The Balaban J connectivity index is 2.48. The molecule has 1 aromatic heterocycles. The summed E-state index contributed by atoms with van der Waals surface area (Å²) >= 11 is 0. The summed E-state index contributed by atoms with van der Waals surface area (Å²) in [5.41, 5.74) is 7.15. The summed E-state index contributed by atoms with van der Waals surface area (Å²) in [6, 6.07) is 4.16. The van der Waals surface area contributed by atoms with E-state index in [-0.39, 0.29) is 6.04 Å². The van der Waals surface area contributed by atoms with Gasteiger partial charge in [-0.15, -0.1) is 0 Å². The fraction of sp³-hybridized carbons (Fsp3) is 0.500. The summed E-state index contributed by atoms with van der Waals surface area (Å²) in [4.78, 5) is 3.95. The normalized spacial score (nSPS) is 12.8. The Morgan fingerprint density at radius 1 is 1.42 bits per heavy atom. The zero-order chi connectivity index (χ0) is 8.81. The first kappa shape index (κ1) is 9.20. The Labute approximate surface area is 73.8 Å². The van der Waals surface area contributed by atoms with Crippen LogP contribution in [-0.2, 0) is 0 Å². The summed E-state index contributed by atoms with van der Waals surface area (Å²) in [6.07, 6.45) is 7.06. The van der Waals surface area contributed by atoms with Gasteiger partial charge in [0.05, 0.1) is 0 Å². The van der Waals surface area contributed by atoms with Crippen LogP contribution in [0.15, 0.2) is 24.5 Å². The van der Waals surface area contributed by atoms with E-state index >= 15 is 0 Å². The highest BCUT2D eigenvalue weighted by Crippen LogP contribution is 2.14. The minimum atomic E-state index is 0.188. The van der Waals surface area contributed by atoms with E-state index in [0.29, 0.717) is 0 Å². The van der Waals surface area contributed by atoms with Crippen molar-refractivity contribution in [3.63, 3.8) is 0 Å². The third-order valence-electron chi connectivity index (χ3n) is 2.00. The molecule has 0 unspecified atom stereocenters. The van der Waals surface area contributed by atoms with Gasteiger partial charge in [-0.1, -0.05) is 19.8 Å². The standard InChI is InChI=1S/C10H16N2/c1-2-3-4-10(11)9-5-7-12-8-6-9/h5-8,10H,2-4,11H2,1H3/t10-/m0/s1. The molecule has 0 saturated carbocycles. The molecule has 66 valence electrons. The first-order chi connectivity index (χ1) is 5.84. The number of nitrogens with zero attached hydrogens (tertiary/aromatic N) is 1. The summed E-state index contributed by atoms with van der Waals surface area (Å²) in [5, 5.41) is 0. The minimum Gasteiger partial charge on any atom is -0.324 e. The van der Waals surface area contributed by atoms with Crippen molar-refractivity contribution >= 4 is 0 Å². The number of hydrogen-bond acceptors (Lipinski definition) is 2. The Morgan fingerprint density at radius 2 is 2.08 bits per heavy atom. The third kappa shape index (κ3) is 2.62. The zero-order valence-corrected chi connectivity index (χ0v) is 7.53. The van der Waals surface area contributed by atoms with Crippen LogP contribution in [0.3, 0.4) is 0 Å². The van der Waals surface area contributed by atoms with Crippen LogP contribution in [0.25, 0.3) is 0 Å². The SMILES string of the molecule is CCCC[C@H](N)c1ccncc1. The second-order valence-electron chi connectivity index (χ2n) is 3.03. The highest BCUT2D eigenvalue weighted by Gasteiger charge is 2.03. The maximum absolute atomic E-state index is 5.95. The van der Waals surface area contributed by atoms with Crippen LogP contribution in [0.1, 0.15) is 37.8 Å². The zero-order valence-electron chi connectivity index (χ0n) is 7.53. The lowest BCUT2D eigenvalue weighted by Crippen LogP contribution is -2.09. The molecule has 2 nitrogen and oxygen atoms in total. The highest BCUT2D eigenvalue weighted by molar-refractivity contribution is 5.13. The van der Waals surface area contributed by atoms with Gasteiger partial charge in [0.25, 0.3) is 0 Å². The van der Waals surface area contributed by atoms with Crippen molar-refractivity contribution in [1.29, 1.82) is 0 Å². The van der Waals surface area contributed by atoms with Gasteiger partial charge < -0.3 is 5.73 Å². The number of pyridine rings is 1. The van der Waals surface area contributed by atoms with Gasteiger partial charge in [0, 0.05) is 18.4 Å². The smallest absolute Gasteiger partial charge is 0.0295 e. The Bertz CT molecular complexity index is 208. The molecule has 1 atom stereocenters. The summed E-state index contributed by atoms with van der Waals surface area (Å²) in [5.74, 6) is 0. The van der Waals surface area contributed by atoms with Crippen molar-refractivity contribution in [2.45, 2.75) is 32.2 Å². The Morgan fingerprint density at radius 3 is 2.67 bits per heavy atom. The molecule has 2 heteroatoms. The Hall–Kier alpha value is -0.890. The Kier molecular flexibility index (Phi) is 3.74. The van der Waals surface area contributed by atoms with Gasteiger partial charge in [-0.05, 0) is 24.1 Å². The van der Waals surface area contributed by atoms with Crippen LogP contribution in [0, 0.1) is 0 Å². The van der Waals surface area contributed by atoms with Crippen LogP contribution < -0.4 is 5.73 Å². The van der Waals surface area contributed by atoms with E-state index in [2.05, 4.69) is 11.9 Å². The van der Waals surface area contributed by atoms with Gasteiger partial charge in [-0.3, -0.25) is 4.98 Å². The van der Waals surface area contributed by atoms with Crippen molar-refractivity contribution < 1.29 is 0 Å². The third-order valence-corrected chi connectivity index (χ3v) is 2.00. The molecule has 0 aliphatic carbocycles. The van der Waals surface area contributed by atoms with Gasteiger partial charge in [0.1, 0.15) is 0 Å². The molecule has 0 aliphatic rings. The highest BCUT2D eigenvalue weighted by atomic mass is 14.6. The molecule has 0 bridgehead atoms. The minimum absolute atomic E-state index is 0.188. The van der Waals surface area contributed by atoms with E-state index in [0.717, 1.165) is 6.42 Å². The van der Waals surface area contributed by atoms with Crippen LogP contribution >= 0.6 is 0 Å². The van der Waals surface area contributed by atoms with E-state index in [1.54, 1.807) is 12.4 Å². The quantitative estimate of drug-likeness (QED) is 0.741. The molecule has 0 radical (unpaired) electrons. The summed E-state index contributed by atoms with van der Waals surface area (Å²) in [7, 11) is 0. The largest absolute Gasteiger partial charge is 0.324 e. The number of rotatable bonds is 4. The summed E-state index contributed by atoms with van der Waals surface area (Å²) in [6.45, 7) is 2.18. The fourth-order valence-electron chi connectivity index (χ4n) is 1.20. The number of hydrogen-bond donors (Lipinski definition) is 1. The van der Waals surface area contributed by atoms with Crippen LogP contribution in [-0.4, -0.2) is 4.98 Å². The van der Waals surface area contributed by atoms with Crippen LogP contribution in [0.4, 0.5) is 0 Å². The average molecular weight is 164 g/mol. The molecule has 0 spiro atoms. The first-order valence-electron chi connectivity index (χ1n) is 4.50. The second-order valence-corrected chi connectivity index (χ2v) is 3.03.